The summed E-state index contributed by atoms with van der Waals surface area (Å²) in [6.45, 7) is 4.01. The van der Waals surface area contributed by atoms with Crippen molar-refractivity contribution in [2.75, 3.05) is 7.11 Å². The summed E-state index contributed by atoms with van der Waals surface area (Å²) >= 11 is 0. The number of pyridine rings is 1. The molecule has 0 aliphatic rings. The van der Waals surface area contributed by atoms with E-state index in [0.29, 0.717) is 11.1 Å². The van der Waals surface area contributed by atoms with Gasteiger partial charge in [0.25, 0.3) is 5.91 Å². The van der Waals surface area contributed by atoms with Gasteiger partial charge in [0.15, 0.2) is 17.1 Å². The third-order valence-electron chi connectivity index (χ3n) is 5.49. The first kappa shape index (κ1) is 26.3. The van der Waals surface area contributed by atoms with Crippen LogP contribution in [0.2, 0.25) is 0 Å². The van der Waals surface area contributed by atoms with E-state index in [0.717, 1.165) is 6.92 Å². The first-order chi connectivity index (χ1) is 17.2. The van der Waals surface area contributed by atoms with Crippen molar-refractivity contribution >= 4 is 17.8 Å². The lowest BCUT2D eigenvalue weighted by molar-refractivity contribution is -0.157. The number of alkyl halides is 1. The van der Waals surface area contributed by atoms with E-state index in [1.54, 1.807) is 60.7 Å². The zero-order chi connectivity index (χ0) is 26.3. The van der Waals surface area contributed by atoms with Gasteiger partial charge < -0.3 is 19.5 Å². The van der Waals surface area contributed by atoms with E-state index in [1.165, 1.54) is 33.2 Å². The van der Waals surface area contributed by atoms with Gasteiger partial charge in [-0.3, -0.25) is 9.59 Å². The number of hydrogen-bond donors (Lipinski definition) is 1. The summed E-state index contributed by atoms with van der Waals surface area (Å²) in [5.74, 6) is -2.42. The zero-order valence-corrected chi connectivity index (χ0v) is 20.4. The average molecular weight is 495 g/mol. The van der Waals surface area contributed by atoms with Crippen LogP contribution in [0.1, 0.15) is 42.4 Å². The zero-order valence-electron chi connectivity index (χ0n) is 20.4. The topological polar surface area (TPSA) is 104 Å². The molecule has 2 atom stereocenters. The molecule has 0 bridgehead atoms. The van der Waals surface area contributed by atoms with E-state index < -0.39 is 35.7 Å². The molecule has 36 heavy (non-hydrogen) atoms. The number of hydrogen-bond acceptors (Lipinski definition) is 7. The lowest BCUT2D eigenvalue weighted by atomic mass is 9.84. The maximum Gasteiger partial charge on any atom is 0.328 e. The summed E-state index contributed by atoms with van der Waals surface area (Å²) in [5.41, 5.74) is -1.76. The van der Waals surface area contributed by atoms with Crippen LogP contribution in [0.3, 0.4) is 0 Å². The highest BCUT2D eigenvalue weighted by Crippen LogP contribution is 2.39. The number of rotatable bonds is 9. The predicted octanol–water partition coefficient (Wildman–Crippen LogP) is 3.98. The number of ether oxygens (including phenoxy) is 3. The van der Waals surface area contributed by atoms with Crippen LogP contribution in [0.15, 0.2) is 72.9 Å². The van der Waals surface area contributed by atoms with Crippen LogP contribution in [-0.4, -0.2) is 42.1 Å². The van der Waals surface area contributed by atoms with Crippen LogP contribution < -0.4 is 14.8 Å². The summed E-state index contributed by atoms with van der Waals surface area (Å²) in [5, 5.41) is 2.45. The van der Waals surface area contributed by atoms with E-state index in [-0.39, 0.29) is 17.2 Å². The summed E-state index contributed by atoms with van der Waals surface area (Å²) in [6, 6.07) is 17.0. The second kappa shape index (κ2) is 11.4. The van der Waals surface area contributed by atoms with Crippen LogP contribution in [0.25, 0.3) is 0 Å². The molecule has 0 saturated heterocycles. The van der Waals surface area contributed by atoms with Gasteiger partial charge in [0.1, 0.15) is 12.1 Å². The minimum Gasteiger partial charge on any atom is -0.493 e. The van der Waals surface area contributed by atoms with Gasteiger partial charge in [-0.25, -0.2) is 14.2 Å². The van der Waals surface area contributed by atoms with Gasteiger partial charge in [-0.2, -0.15) is 0 Å². The molecule has 8 nitrogen and oxygen atoms in total. The van der Waals surface area contributed by atoms with Gasteiger partial charge in [0, 0.05) is 19.2 Å². The molecular weight excluding hydrogens is 467 g/mol. The SMILES string of the molecule is COc1ccnc(C(=O)N[C@@H](C)C(=O)O[C@@H](C)C(F)(c2ccccc2)c2ccccc2)c1OC(C)=O. The molecule has 1 aromatic heterocycles. The minimum atomic E-state index is -2.14. The fraction of sp³-hybridized carbons (Fsp3) is 0.259. The molecule has 0 saturated carbocycles. The van der Waals surface area contributed by atoms with Crippen molar-refractivity contribution in [3.8, 4) is 11.5 Å². The smallest absolute Gasteiger partial charge is 0.328 e. The first-order valence-electron chi connectivity index (χ1n) is 11.2. The second-order valence-corrected chi connectivity index (χ2v) is 8.00. The monoisotopic (exact) mass is 494 g/mol. The maximum absolute atomic E-state index is 16.6. The van der Waals surface area contributed by atoms with Crippen molar-refractivity contribution in [1.29, 1.82) is 0 Å². The number of methoxy groups -OCH3 is 1. The Morgan fingerprint density at radius 1 is 0.944 bits per heavy atom. The number of benzene rings is 2. The molecule has 1 N–H and O–H groups in total. The summed E-state index contributed by atoms with van der Waals surface area (Å²) in [4.78, 5) is 41.2. The molecule has 3 rings (SSSR count). The second-order valence-electron chi connectivity index (χ2n) is 8.00. The van der Waals surface area contributed by atoms with Gasteiger partial charge in [-0.05, 0) is 25.0 Å². The normalized spacial score (nSPS) is 12.7. The lowest BCUT2D eigenvalue weighted by Crippen LogP contribution is -2.44. The van der Waals surface area contributed by atoms with Gasteiger partial charge >= 0.3 is 11.9 Å². The molecule has 0 aliphatic heterocycles. The number of nitrogens with one attached hydrogen (secondary N) is 1. The van der Waals surface area contributed by atoms with Gasteiger partial charge in [0.2, 0.25) is 5.75 Å². The summed E-state index contributed by atoms with van der Waals surface area (Å²) in [7, 11) is 1.34. The predicted molar refractivity (Wildman–Crippen MR) is 129 cm³/mol. The molecule has 0 spiro atoms. The van der Waals surface area contributed by atoms with E-state index >= 15 is 4.39 Å². The maximum atomic E-state index is 16.6. The van der Waals surface area contributed by atoms with Crippen LogP contribution in [0.5, 0.6) is 11.5 Å². The Hall–Kier alpha value is -4.27. The van der Waals surface area contributed by atoms with E-state index in [1.807, 2.05) is 0 Å². The van der Waals surface area contributed by atoms with Crippen molar-refractivity contribution in [2.24, 2.45) is 0 Å². The molecule has 1 amide bonds. The Balaban J connectivity index is 1.80. The van der Waals surface area contributed by atoms with E-state index in [9.17, 15) is 14.4 Å². The third-order valence-corrected chi connectivity index (χ3v) is 5.49. The third kappa shape index (κ3) is 5.68. The molecule has 1 heterocycles. The molecular formula is C27H27FN2O6. The Morgan fingerprint density at radius 3 is 2.00 bits per heavy atom. The number of carbonyl (C=O) groups is 3. The first-order valence-corrected chi connectivity index (χ1v) is 11.2. The molecule has 0 aliphatic carbocycles. The summed E-state index contributed by atoms with van der Waals surface area (Å²) < 4.78 is 32.3. The van der Waals surface area contributed by atoms with Crippen molar-refractivity contribution in [1.82, 2.24) is 10.3 Å². The molecule has 3 aromatic rings. The van der Waals surface area contributed by atoms with Gasteiger partial charge in [-0.15, -0.1) is 0 Å². The highest BCUT2D eigenvalue weighted by molar-refractivity contribution is 5.98. The standard InChI is InChI=1S/C27H27FN2O6/c1-17(30-25(32)23-24(36-19(3)31)22(34-4)15-16-29-23)26(33)35-18(2)27(28,20-11-7-5-8-12-20)21-13-9-6-10-14-21/h5-18H,1-4H3,(H,30,32)/t17-,18-/m0/s1. The van der Waals surface area contributed by atoms with Gasteiger partial charge in [-0.1, -0.05) is 60.7 Å². The number of amides is 1. The Kier molecular flexibility index (Phi) is 8.37. The van der Waals surface area contributed by atoms with Crippen molar-refractivity contribution in [3.63, 3.8) is 0 Å². The number of halogens is 1. The van der Waals surface area contributed by atoms with Crippen molar-refractivity contribution in [2.45, 2.75) is 38.6 Å². The number of carbonyl (C=O) groups excluding carboxylic acids is 3. The largest absolute Gasteiger partial charge is 0.493 e. The van der Waals surface area contributed by atoms with Crippen molar-refractivity contribution < 1.29 is 33.0 Å². The van der Waals surface area contributed by atoms with Gasteiger partial charge in [0.05, 0.1) is 7.11 Å². The summed E-state index contributed by atoms with van der Waals surface area (Å²) in [6.07, 6.45) is 0.0592. The fourth-order valence-corrected chi connectivity index (χ4v) is 3.67. The highest BCUT2D eigenvalue weighted by atomic mass is 19.1. The molecule has 0 fully saturated rings. The number of esters is 2. The fourth-order valence-electron chi connectivity index (χ4n) is 3.67. The Morgan fingerprint density at radius 2 is 1.50 bits per heavy atom. The van der Waals surface area contributed by atoms with Crippen LogP contribution in [-0.2, 0) is 20.0 Å². The molecule has 0 unspecified atom stereocenters. The molecule has 2 aromatic carbocycles. The van der Waals surface area contributed by atoms with Crippen LogP contribution in [0, 0.1) is 0 Å². The average Bonchev–Trinajstić information content (AvgIpc) is 2.88. The molecule has 188 valence electrons. The van der Waals surface area contributed by atoms with Crippen molar-refractivity contribution in [3.05, 3.63) is 89.7 Å². The number of aromatic nitrogens is 1. The Bertz CT molecular complexity index is 1180. The lowest BCUT2D eigenvalue weighted by Gasteiger charge is -2.32. The Labute approximate surface area is 208 Å². The molecule has 9 heteroatoms. The highest BCUT2D eigenvalue weighted by Gasteiger charge is 2.43. The molecule has 0 radical (unpaired) electrons. The van der Waals surface area contributed by atoms with Crippen LogP contribution in [0.4, 0.5) is 4.39 Å². The van der Waals surface area contributed by atoms with E-state index in [4.69, 9.17) is 14.2 Å². The van der Waals surface area contributed by atoms with Crippen LogP contribution >= 0.6 is 0 Å². The minimum absolute atomic E-state index is 0.113. The quantitative estimate of drug-likeness (QED) is 0.449. The van der Waals surface area contributed by atoms with E-state index in [2.05, 4.69) is 10.3 Å². The number of nitrogens with zero attached hydrogens (tertiary/aromatic N) is 1.